The first-order chi connectivity index (χ1) is 12.5. The second kappa shape index (κ2) is 6.64. The topological polar surface area (TPSA) is 60.1 Å². The fourth-order valence-electron chi connectivity index (χ4n) is 3.26. The van der Waals surface area contributed by atoms with Crippen molar-refractivity contribution in [3.63, 3.8) is 0 Å². The van der Waals surface area contributed by atoms with Crippen molar-refractivity contribution in [2.75, 3.05) is 0 Å². The zero-order valence-corrected chi connectivity index (χ0v) is 15.3. The molecule has 2 aromatic heterocycles. The van der Waals surface area contributed by atoms with E-state index in [0.29, 0.717) is 17.9 Å². The third-order valence-corrected chi connectivity index (χ3v) is 5.49. The van der Waals surface area contributed by atoms with Crippen LogP contribution in [0.5, 0.6) is 0 Å². The Morgan fingerprint density at radius 2 is 2.31 bits per heavy atom. The maximum absolute atomic E-state index is 13.7. The van der Waals surface area contributed by atoms with Crippen LogP contribution in [0.25, 0.3) is 11.3 Å². The number of hydrogen-bond donors (Lipinski definition) is 1. The van der Waals surface area contributed by atoms with Gasteiger partial charge in [-0.3, -0.25) is 9.48 Å². The molecule has 0 aliphatic carbocycles. The van der Waals surface area contributed by atoms with Crippen LogP contribution in [0.15, 0.2) is 45.9 Å². The summed E-state index contributed by atoms with van der Waals surface area (Å²) in [7, 11) is 1.78. The lowest BCUT2D eigenvalue weighted by Crippen LogP contribution is -2.34. The molecule has 0 bridgehead atoms. The van der Waals surface area contributed by atoms with Gasteiger partial charge in [0.15, 0.2) is 5.69 Å². The Bertz CT molecular complexity index is 966. The average Bonchev–Trinajstić information content (AvgIpc) is 3.22. The van der Waals surface area contributed by atoms with Crippen LogP contribution in [0.2, 0.25) is 0 Å². The number of nitrogens with zero attached hydrogens (tertiary/aromatic N) is 2. The van der Waals surface area contributed by atoms with Crippen LogP contribution in [0.1, 0.15) is 28.7 Å². The number of aromatic nitrogens is 2. The van der Waals surface area contributed by atoms with Gasteiger partial charge in [0.25, 0.3) is 5.91 Å². The summed E-state index contributed by atoms with van der Waals surface area (Å²) in [6.45, 7) is 1.93. The molecule has 1 atom stereocenters. The minimum atomic E-state index is -0.295. The van der Waals surface area contributed by atoms with Crippen LogP contribution >= 0.6 is 11.8 Å². The lowest BCUT2D eigenvalue weighted by atomic mass is 10.1. The van der Waals surface area contributed by atoms with Crippen LogP contribution < -0.4 is 5.32 Å². The molecule has 1 aliphatic rings. The minimum Gasteiger partial charge on any atom is -0.469 e. The second-order valence-corrected chi connectivity index (χ2v) is 7.40. The fourth-order valence-corrected chi connectivity index (χ4v) is 4.31. The maximum Gasteiger partial charge on any atom is 0.272 e. The van der Waals surface area contributed by atoms with Crippen LogP contribution in [0, 0.1) is 5.82 Å². The molecule has 0 unspecified atom stereocenters. The smallest absolute Gasteiger partial charge is 0.272 e. The van der Waals surface area contributed by atoms with Gasteiger partial charge in [0.2, 0.25) is 0 Å². The standard InChI is InChI=1S/C19H18FN3O2S/c1-11(8-13-4-3-7-25-13)21-19(24)17-15-10-26-16-6-5-12(20)9-14(16)18(15)23(2)22-17/h3-7,9,11H,8,10H2,1-2H3,(H,21,24)/t11-/m0/s1. The van der Waals surface area contributed by atoms with Crippen molar-refractivity contribution in [2.24, 2.45) is 7.05 Å². The highest BCUT2D eigenvalue weighted by atomic mass is 32.2. The van der Waals surface area contributed by atoms with E-state index >= 15 is 0 Å². The van der Waals surface area contributed by atoms with Crippen molar-refractivity contribution in [1.29, 1.82) is 0 Å². The van der Waals surface area contributed by atoms with E-state index in [1.54, 1.807) is 35.8 Å². The van der Waals surface area contributed by atoms with Gasteiger partial charge in [-0.25, -0.2) is 4.39 Å². The predicted molar refractivity (Wildman–Crippen MR) is 97.5 cm³/mol. The second-order valence-electron chi connectivity index (χ2n) is 6.39. The molecule has 1 N–H and O–H groups in total. The number of aryl methyl sites for hydroxylation is 1. The highest BCUT2D eigenvalue weighted by Crippen LogP contribution is 2.42. The molecule has 0 spiro atoms. The first-order valence-electron chi connectivity index (χ1n) is 8.34. The van der Waals surface area contributed by atoms with Crippen molar-refractivity contribution in [2.45, 2.75) is 30.0 Å². The molecule has 3 heterocycles. The van der Waals surface area contributed by atoms with Gasteiger partial charge >= 0.3 is 0 Å². The lowest BCUT2D eigenvalue weighted by Gasteiger charge is -2.17. The number of carbonyl (C=O) groups is 1. The molecule has 1 amide bonds. The third kappa shape index (κ3) is 3.03. The molecular weight excluding hydrogens is 353 g/mol. The number of halogens is 1. The van der Waals surface area contributed by atoms with Crippen molar-refractivity contribution >= 4 is 17.7 Å². The van der Waals surface area contributed by atoms with Crippen LogP contribution in [0.4, 0.5) is 4.39 Å². The molecule has 134 valence electrons. The van der Waals surface area contributed by atoms with Gasteiger partial charge in [0, 0.05) is 41.3 Å². The normalized spacial score (nSPS) is 13.8. The molecule has 7 heteroatoms. The molecule has 3 aromatic rings. The summed E-state index contributed by atoms with van der Waals surface area (Å²) in [5, 5.41) is 7.39. The minimum absolute atomic E-state index is 0.0905. The van der Waals surface area contributed by atoms with E-state index in [0.717, 1.165) is 27.5 Å². The van der Waals surface area contributed by atoms with Gasteiger partial charge in [0.1, 0.15) is 11.6 Å². The number of hydrogen-bond acceptors (Lipinski definition) is 4. The number of amides is 1. The van der Waals surface area contributed by atoms with Gasteiger partial charge in [-0.2, -0.15) is 5.10 Å². The summed E-state index contributed by atoms with van der Waals surface area (Å²) in [4.78, 5) is 13.7. The monoisotopic (exact) mass is 371 g/mol. The molecular formula is C19H18FN3O2S. The van der Waals surface area contributed by atoms with Crippen LogP contribution in [0.3, 0.4) is 0 Å². The van der Waals surface area contributed by atoms with Gasteiger partial charge in [-0.15, -0.1) is 11.8 Å². The molecule has 5 nitrogen and oxygen atoms in total. The Balaban J connectivity index is 1.61. The van der Waals surface area contributed by atoms with Crippen LogP contribution in [-0.4, -0.2) is 21.7 Å². The maximum atomic E-state index is 13.7. The quantitative estimate of drug-likeness (QED) is 0.758. The zero-order chi connectivity index (χ0) is 18.3. The van der Waals surface area contributed by atoms with Crippen LogP contribution in [-0.2, 0) is 19.2 Å². The summed E-state index contributed by atoms with van der Waals surface area (Å²) in [6.07, 6.45) is 2.23. The largest absolute Gasteiger partial charge is 0.469 e. The van der Waals surface area contributed by atoms with Gasteiger partial charge in [-0.05, 0) is 37.3 Å². The third-order valence-electron chi connectivity index (χ3n) is 4.39. The number of nitrogens with one attached hydrogen (secondary N) is 1. The molecule has 4 rings (SSSR count). The Hall–Kier alpha value is -2.54. The predicted octanol–water partition coefficient (Wildman–Crippen LogP) is 3.79. The van der Waals surface area contributed by atoms with Crippen molar-refractivity contribution < 1.29 is 13.6 Å². The Morgan fingerprint density at radius 1 is 1.46 bits per heavy atom. The highest BCUT2D eigenvalue weighted by Gasteiger charge is 2.28. The molecule has 0 fully saturated rings. The first kappa shape index (κ1) is 16.9. The highest BCUT2D eigenvalue weighted by molar-refractivity contribution is 7.98. The fraction of sp³-hybridized carbons (Fsp3) is 0.263. The summed E-state index contributed by atoms with van der Waals surface area (Å²) in [5.41, 5.74) is 2.84. The van der Waals surface area contributed by atoms with Crippen molar-refractivity contribution in [3.05, 3.63) is 59.4 Å². The molecule has 1 aromatic carbocycles. The number of benzene rings is 1. The molecule has 26 heavy (non-hydrogen) atoms. The van der Waals surface area contributed by atoms with E-state index in [4.69, 9.17) is 4.42 Å². The SMILES string of the molecule is C[C@@H](Cc1ccco1)NC(=O)c1nn(C)c2c1CSc1ccc(F)cc1-2. The summed E-state index contributed by atoms with van der Waals surface area (Å²) in [5.74, 6) is 0.940. The number of furan rings is 1. The van der Waals surface area contributed by atoms with E-state index in [2.05, 4.69) is 10.4 Å². The first-order valence-corrected chi connectivity index (χ1v) is 9.33. The number of fused-ring (bicyclic) bond motifs is 3. The molecule has 1 aliphatic heterocycles. The van der Waals surface area contributed by atoms with E-state index in [-0.39, 0.29) is 17.8 Å². The molecule has 0 radical (unpaired) electrons. The summed E-state index contributed by atoms with van der Waals surface area (Å²) >= 11 is 1.59. The Labute approximate surface area is 154 Å². The zero-order valence-electron chi connectivity index (χ0n) is 14.5. The average molecular weight is 371 g/mol. The number of rotatable bonds is 4. The van der Waals surface area contributed by atoms with E-state index in [1.807, 2.05) is 19.1 Å². The molecule has 0 saturated heterocycles. The van der Waals surface area contributed by atoms with Gasteiger partial charge < -0.3 is 9.73 Å². The summed E-state index contributed by atoms with van der Waals surface area (Å²) in [6, 6.07) is 8.35. The van der Waals surface area contributed by atoms with E-state index in [1.165, 1.54) is 12.1 Å². The number of thioether (sulfide) groups is 1. The van der Waals surface area contributed by atoms with E-state index < -0.39 is 0 Å². The Kier molecular flexibility index (Phi) is 4.32. The van der Waals surface area contributed by atoms with Crippen molar-refractivity contribution in [1.82, 2.24) is 15.1 Å². The molecule has 0 saturated carbocycles. The number of carbonyl (C=O) groups excluding carboxylic acids is 1. The lowest BCUT2D eigenvalue weighted by molar-refractivity contribution is 0.0933. The Morgan fingerprint density at radius 3 is 3.08 bits per heavy atom. The van der Waals surface area contributed by atoms with E-state index in [9.17, 15) is 9.18 Å². The van der Waals surface area contributed by atoms with Gasteiger partial charge in [0.05, 0.1) is 12.0 Å². The van der Waals surface area contributed by atoms with Crippen molar-refractivity contribution in [3.8, 4) is 11.3 Å². The van der Waals surface area contributed by atoms with Gasteiger partial charge in [-0.1, -0.05) is 0 Å². The summed E-state index contributed by atoms with van der Waals surface area (Å²) < 4.78 is 20.7.